The highest BCUT2D eigenvalue weighted by molar-refractivity contribution is 5.61. The largest absolute Gasteiger partial charge is 0.370 e. The Bertz CT molecular complexity index is 547. The van der Waals surface area contributed by atoms with Crippen molar-refractivity contribution in [3.8, 4) is 11.3 Å². The van der Waals surface area contributed by atoms with E-state index in [1.54, 1.807) is 0 Å². The summed E-state index contributed by atoms with van der Waals surface area (Å²) in [6.45, 7) is 8.16. The van der Waals surface area contributed by atoms with Crippen LogP contribution in [-0.4, -0.2) is 26.3 Å². The van der Waals surface area contributed by atoms with Crippen LogP contribution in [0.4, 0.5) is 5.82 Å². The summed E-state index contributed by atoms with van der Waals surface area (Å²) in [7, 11) is 0. The summed E-state index contributed by atoms with van der Waals surface area (Å²) in [6.07, 6.45) is 6.92. The quantitative estimate of drug-likeness (QED) is 0.842. The molecule has 0 fully saturated rings. The monoisotopic (exact) mass is 273 g/mol. The maximum Gasteiger partial charge on any atom is 0.131 e. The molecule has 0 saturated carbocycles. The van der Waals surface area contributed by atoms with Gasteiger partial charge < -0.3 is 5.32 Å². The lowest BCUT2D eigenvalue weighted by Gasteiger charge is -2.08. The summed E-state index contributed by atoms with van der Waals surface area (Å²) in [6, 6.07) is 2.01. The standard InChI is InChI=1S/C15H23N5/c1-4-7-14-18-13(9-15(19-14)16-8-5-2)12-10-17-20(6-3)11-12/h9-11H,4-8H2,1-3H3,(H,16,18,19). The van der Waals surface area contributed by atoms with E-state index in [0.717, 1.165) is 55.3 Å². The van der Waals surface area contributed by atoms with E-state index in [4.69, 9.17) is 0 Å². The van der Waals surface area contributed by atoms with Crippen LogP contribution in [0.5, 0.6) is 0 Å². The lowest BCUT2D eigenvalue weighted by Crippen LogP contribution is -2.06. The molecule has 0 aromatic carbocycles. The van der Waals surface area contributed by atoms with Gasteiger partial charge in [0.25, 0.3) is 0 Å². The van der Waals surface area contributed by atoms with Crippen molar-refractivity contribution in [3.05, 3.63) is 24.3 Å². The molecule has 0 bridgehead atoms. The molecule has 2 aromatic rings. The number of rotatable bonds is 7. The van der Waals surface area contributed by atoms with Gasteiger partial charge in [-0.3, -0.25) is 4.68 Å². The van der Waals surface area contributed by atoms with Gasteiger partial charge in [-0.25, -0.2) is 9.97 Å². The van der Waals surface area contributed by atoms with E-state index in [-0.39, 0.29) is 0 Å². The van der Waals surface area contributed by atoms with E-state index in [1.165, 1.54) is 0 Å². The average Bonchev–Trinajstić information content (AvgIpc) is 2.94. The fourth-order valence-corrected chi connectivity index (χ4v) is 1.99. The van der Waals surface area contributed by atoms with Gasteiger partial charge in [-0.2, -0.15) is 5.10 Å². The molecule has 2 aromatic heterocycles. The Labute approximate surface area is 120 Å². The predicted octanol–water partition coefficient (Wildman–Crippen LogP) is 3.13. The SMILES string of the molecule is CCCNc1cc(-c2cnn(CC)c2)nc(CCC)n1. The summed E-state index contributed by atoms with van der Waals surface area (Å²) >= 11 is 0. The van der Waals surface area contributed by atoms with Crippen LogP contribution >= 0.6 is 0 Å². The molecule has 5 heteroatoms. The van der Waals surface area contributed by atoms with Gasteiger partial charge in [0.1, 0.15) is 11.6 Å². The van der Waals surface area contributed by atoms with Crippen LogP contribution < -0.4 is 5.32 Å². The van der Waals surface area contributed by atoms with Crippen molar-refractivity contribution in [2.45, 2.75) is 46.6 Å². The first-order valence-electron chi connectivity index (χ1n) is 7.41. The molecule has 2 rings (SSSR count). The van der Waals surface area contributed by atoms with Gasteiger partial charge in [0.05, 0.1) is 11.9 Å². The highest BCUT2D eigenvalue weighted by Gasteiger charge is 2.08. The Morgan fingerprint density at radius 2 is 2.00 bits per heavy atom. The second-order valence-electron chi connectivity index (χ2n) is 4.82. The summed E-state index contributed by atoms with van der Waals surface area (Å²) in [5.41, 5.74) is 1.99. The van der Waals surface area contributed by atoms with Crippen LogP contribution in [0.3, 0.4) is 0 Å². The lowest BCUT2D eigenvalue weighted by atomic mass is 10.2. The van der Waals surface area contributed by atoms with Crippen molar-refractivity contribution in [2.24, 2.45) is 0 Å². The second-order valence-corrected chi connectivity index (χ2v) is 4.82. The van der Waals surface area contributed by atoms with E-state index in [1.807, 2.05) is 23.1 Å². The third-order valence-electron chi connectivity index (χ3n) is 3.06. The van der Waals surface area contributed by atoms with Crippen molar-refractivity contribution < 1.29 is 0 Å². The van der Waals surface area contributed by atoms with Crippen molar-refractivity contribution in [1.82, 2.24) is 19.7 Å². The number of nitrogens with one attached hydrogen (secondary N) is 1. The van der Waals surface area contributed by atoms with Crippen LogP contribution in [-0.2, 0) is 13.0 Å². The van der Waals surface area contributed by atoms with Gasteiger partial charge in [0.15, 0.2) is 0 Å². The Morgan fingerprint density at radius 3 is 2.65 bits per heavy atom. The number of nitrogens with zero attached hydrogens (tertiary/aromatic N) is 4. The minimum atomic E-state index is 0.869. The molecule has 0 aliphatic carbocycles. The van der Waals surface area contributed by atoms with E-state index in [9.17, 15) is 0 Å². The van der Waals surface area contributed by atoms with Crippen molar-refractivity contribution >= 4 is 5.82 Å². The maximum absolute atomic E-state index is 4.64. The number of aryl methyl sites for hydroxylation is 2. The summed E-state index contributed by atoms with van der Waals surface area (Å²) < 4.78 is 1.91. The average molecular weight is 273 g/mol. The molecule has 0 saturated heterocycles. The summed E-state index contributed by atoms with van der Waals surface area (Å²) in [5.74, 6) is 1.80. The first kappa shape index (κ1) is 14.5. The number of hydrogen-bond donors (Lipinski definition) is 1. The van der Waals surface area contributed by atoms with Gasteiger partial charge in [0.2, 0.25) is 0 Å². The van der Waals surface area contributed by atoms with Gasteiger partial charge in [-0.05, 0) is 19.8 Å². The van der Waals surface area contributed by atoms with Gasteiger partial charge >= 0.3 is 0 Å². The Morgan fingerprint density at radius 1 is 1.15 bits per heavy atom. The maximum atomic E-state index is 4.64. The third-order valence-corrected chi connectivity index (χ3v) is 3.06. The van der Waals surface area contributed by atoms with Crippen molar-refractivity contribution in [3.63, 3.8) is 0 Å². The zero-order chi connectivity index (χ0) is 14.4. The van der Waals surface area contributed by atoms with Crippen molar-refractivity contribution in [1.29, 1.82) is 0 Å². The van der Waals surface area contributed by atoms with Crippen LogP contribution in [0.2, 0.25) is 0 Å². The molecule has 0 aliphatic heterocycles. The fraction of sp³-hybridized carbons (Fsp3) is 0.533. The number of aromatic nitrogens is 4. The minimum Gasteiger partial charge on any atom is -0.370 e. The van der Waals surface area contributed by atoms with Crippen LogP contribution in [0.25, 0.3) is 11.3 Å². The van der Waals surface area contributed by atoms with Crippen LogP contribution in [0.15, 0.2) is 18.5 Å². The molecule has 0 spiro atoms. The molecule has 0 amide bonds. The second kappa shape index (κ2) is 7.03. The Hall–Kier alpha value is -1.91. The lowest BCUT2D eigenvalue weighted by molar-refractivity contribution is 0.660. The van der Waals surface area contributed by atoms with E-state index >= 15 is 0 Å². The Kier molecular flexibility index (Phi) is 5.09. The zero-order valence-electron chi connectivity index (χ0n) is 12.6. The smallest absolute Gasteiger partial charge is 0.131 e. The number of anilines is 1. The van der Waals surface area contributed by atoms with E-state index in [2.05, 4.69) is 41.2 Å². The minimum absolute atomic E-state index is 0.869. The first-order valence-corrected chi connectivity index (χ1v) is 7.41. The van der Waals surface area contributed by atoms with Crippen LogP contribution in [0, 0.1) is 0 Å². The van der Waals surface area contributed by atoms with Crippen molar-refractivity contribution in [2.75, 3.05) is 11.9 Å². The molecule has 5 nitrogen and oxygen atoms in total. The van der Waals surface area contributed by atoms with E-state index in [0.29, 0.717) is 0 Å². The molecule has 0 aliphatic rings. The molecule has 2 heterocycles. The summed E-state index contributed by atoms with van der Waals surface area (Å²) in [4.78, 5) is 9.21. The topological polar surface area (TPSA) is 55.6 Å². The highest BCUT2D eigenvalue weighted by Crippen LogP contribution is 2.20. The molecule has 0 atom stereocenters. The summed E-state index contributed by atoms with van der Waals surface area (Å²) in [5, 5.41) is 7.66. The molecule has 0 unspecified atom stereocenters. The third kappa shape index (κ3) is 3.56. The van der Waals surface area contributed by atoms with Gasteiger partial charge in [-0.15, -0.1) is 0 Å². The molecular formula is C15H23N5. The fourth-order valence-electron chi connectivity index (χ4n) is 1.99. The number of hydrogen-bond acceptors (Lipinski definition) is 4. The molecule has 0 radical (unpaired) electrons. The Balaban J connectivity index is 2.32. The van der Waals surface area contributed by atoms with E-state index < -0.39 is 0 Å². The van der Waals surface area contributed by atoms with Gasteiger partial charge in [-0.1, -0.05) is 13.8 Å². The molecule has 108 valence electrons. The predicted molar refractivity (Wildman–Crippen MR) is 81.7 cm³/mol. The molecular weight excluding hydrogens is 250 g/mol. The zero-order valence-corrected chi connectivity index (χ0v) is 12.6. The normalized spacial score (nSPS) is 10.8. The first-order chi connectivity index (χ1) is 9.76. The van der Waals surface area contributed by atoms with Crippen LogP contribution in [0.1, 0.15) is 39.4 Å². The van der Waals surface area contributed by atoms with Gasteiger partial charge in [0, 0.05) is 37.3 Å². The molecule has 20 heavy (non-hydrogen) atoms. The molecule has 1 N–H and O–H groups in total. The highest BCUT2D eigenvalue weighted by atomic mass is 15.3.